The van der Waals surface area contributed by atoms with Crippen molar-refractivity contribution in [1.29, 1.82) is 0 Å². The molecule has 5 nitrogen and oxygen atoms in total. The molecule has 0 saturated carbocycles. The number of amides is 1. The molecular formula is C22H21N3O2. The molecule has 136 valence electrons. The lowest BCUT2D eigenvalue weighted by atomic mass is 10.1. The Labute approximate surface area is 158 Å². The van der Waals surface area contributed by atoms with Crippen LogP contribution in [0.5, 0.6) is 5.75 Å². The molecule has 27 heavy (non-hydrogen) atoms. The van der Waals surface area contributed by atoms with E-state index >= 15 is 0 Å². The fourth-order valence-electron chi connectivity index (χ4n) is 3.08. The smallest absolute Gasteiger partial charge is 0.244 e. The molecule has 0 saturated heterocycles. The first-order valence-electron chi connectivity index (χ1n) is 9.01. The summed E-state index contributed by atoms with van der Waals surface area (Å²) in [6.07, 6.45) is 9.85. The number of nitrogens with one attached hydrogen (secondary N) is 1. The molecule has 0 aliphatic carbocycles. The van der Waals surface area contributed by atoms with Crippen molar-refractivity contribution < 1.29 is 9.53 Å². The van der Waals surface area contributed by atoms with E-state index < -0.39 is 0 Å². The summed E-state index contributed by atoms with van der Waals surface area (Å²) in [5.41, 5.74) is 4.48. The van der Waals surface area contributed by atoms with Crippen molar-refractivity contribution in [2.45, 2.75) is 19.5 Å². The molecule has 0 unspecified atom stereocenters. The Hall–Kier alpha value is -3.34. The van der Waals surface area contributed by atoms with E-state index in [0.29, 0.717) is 6.54 Å². The minimum Gasteiger partial charge on any atom is -0.493 e. The van der Waals surface area contributed by atoms with Crippen LogP contribution in [-0.4, -0.2) is 22.1 Å². The van der Waals surface area contributed by atoms with Gasteiger partial charge in [0, 0.05) is 38.0 Å². The number of hydrogen-bond acceptors (Lipinski definition) is 3. The molecular weight excluding hydrogens is 338 g/mol. The van der Waals surface area contributed by atoms with Crippen LogP contribution in [0.25, 0.3) is 6.08 Å². The summed E-state index contributed by atoms with van der Waals surface area (Å²) in [7, 11) is 0. The van der Waals surface area contributed by atoms with Crippen LogP contribution in [0.15, 0.2) is 67.3 Å². The summed E-state index contributed by atoms with van der Waals surface area (Å²) in [5, 5.41) is 2.92. The van der Waals surface area contributed by atoms with Crippen LogP contribution in [0.3, 0.4) is 0 Å². The van der Waals surface area contributed by atoms with E-state index in [0.717, 1.165) is 36.4 Å². The average Bonchev–Trinajstić information content (AvgIpc) is 3.37. The van der Waals surface area contributed by atoms with Crippen LogP contribution in [0, 0.1) is 0 Å². The molecule has 0 atom stereocenters. The third-order valence-corrected chi connectivity index (χ3v) is 4.55. The van der Waals surface area contributed by atoms with Gasteiger partial charge in [0.25, 0.3) is 0 Å². The normalized spacial score (nSPS) is 12.7. The van der Waals surface area contributed by atoms with Gasteiger partial charge in [-0.2, -0.15) is 0 Å². The molecule has 1 aromatic heterocycles. The van der Waals surface area contributed by atoms with Gasteiger partial charge in [-0.1, -0.05) is 30.3 Å². The SMILES string of the molecule is O=C(/C=C/c1ccc2c(c1)CCO2)NCc1ccc(Cn2ccnc2)cc1. The van der Waals surface area contributed by atoms with E-state index in [1.165, 1.54) is 11.1 Å². The van der Waals surface area contributed by atoms with Crippen molar-refractivity contribution in [3.63, 3.8) is 0 Å². The Morgan fingerprint density at radius 2 is 2.04 bits per heavy atom. The summed E-state index contributed by atoms with van der Waals surface area (Å²) in [5.74, 6) is 0.849. The molecule has 1 aliphatic heterocycles. The van der Waals surface area contributed by atoms with Crippen LogP contribution < -0.4 is 10.1 Å². The van der Waals surface area contributed by atoms with Gasteiger partial charge in [-0.25, -0.2) is 4.98 Å². The third kappa shape index (κ3) is 4.44. The molecule has 0 bridgehead atoms. The van der Waals surface area contributed by atoms with Crippen molar-refractivity contribution in [2.24, 2.45) is 0 Å². The predicted molar refractivity (Wildman–Crippen MR) is 104 cm³/mol. The van der Waals surface area contributed by atoms with Crippen molar-refractivity contribution in [1.82, 2.24) is 14.9 Å². The quantitative estimate of drug-likeness (QED) is 0.688. The molecule has 4 rings (SSSR count). The van der Waals surface area contributed by atoms with E-state index in [1.807, 2.05) is 41.1 Å². The van der Waals surface area contributed by atoms with E-state index in [4.69, 9.17) is 4.74 Å². The summed E-state index contributed by atoms with van der Waals surface area (Å²) < 4.78 is 7.52. The number of carbonyl (C=O) groups excluding carboxylic acids is 1. The second-order valence-electron chi connectivity index (χ2n) is 6.57. The lowest BCUT2D eigenvalue weighted by Crippen LogP contribution is -2.20. The highest BCUT2D eigenvalue weighted by molar-refractivity contribution is 5.91. The first-order chi connectivity index (χ1) is 13.3. The average molecular weight is 359 g/mol. The van der Waals surface area contributed by atoms with Gasteiger partial charge < -0.3 is 14.6 Å². The van der Waals surface area contributed by atoms with Gasteiger partial charge in [0.2, 0.25) is 5.91 Å². The third-order valence-electron chi connectivity index (χ3n) is 4.55. The van der Waals surface area contributed by atoms with E-state index in [-0.39, 0.29) is 5.91 Å². The number of hydrogen-bond donors (Lipinski definition) is 1. The molecule has 1 N–H and O–H groups in total. The first-order valence-corrected chi connectivity index (χ1v) is 9.01. The second-order valence-corrected chi connectivity index (χ2v) is 6.57. The number of imidazole rings is 1. The number of fused-ring (bicyclic) bond motifs is 1. The van der Waals surface area contributed by atoms with Crippen LogP contribution in [0.2, 0.25) is 0 Å². The lowest BCUT2D eigenvalue weighted by Gasteiger charge is -2.06. The highest BCUT2D eigenvalue weighted by atomic mass is 16.5. The van der Waals surface area contributed by atoms with Crippen molar-refractivity contribution in [3.05, 3.63) is 89.5 Å². The van der Waals surface area contributed by atoms with Gasteiger partial charge in [0.05, 0.1) is 12.9 Å². The van der Waals surface area contributed by atoms with Gasteiger partial charge in [-0.05, 0) is 40.5 Å². The van der Waals surface area contributed by atoms with Crippen LogP contribution >= 0.6 is 0 Å². The zero-order chi connectivity index (χ0) is 18.5. The molecule has 0 spiro atoms. The highest BCUT2D eigenvalue weighted by Gasteiger charge is 2.11. The molecule has 3 aromatic rings. The number of nitrogens with zero attached hydrogens (tertiary/aromatic N) is 2. The number of rotatable bonds is 6. The van der Waals surface area contributed by atoms with E-state index in [9.17, 15) is 4.79 Å². The van der Waals surface area contributed by atoms with Gasteiger partial charge in [-0.3, -0.25) is 4.79 Å². The maximum absolute atomic E-state index is 12.1. The van der Waals surface area contributed by atoms with Gasteiger partial charge >= 0.3 is 0 Å². The number of benzene rings is 2. The minimum atomic E-state index is -0.103. The molecule has 5 heteroatoms. The predicted octanol–water partition coefficient (Wildman–Crippen LogP) is 3.20. The zero-order valence-corrected chi connectivity index (χ0v) is 15.0. The van der Waals surface area contributed by atoms with Crippen LogP contribution in [0.1, 0.15) is 22.3 Å². The topological polar surface area (TPSA) is 56.1 Å². The maximum atomic E-state index is 12.1. The van der Waals surface area contributed by atoms with Gasteiger partial charge in [0.15, 0.2) is 0 Å². The monoisotopic (exact) mass is 359 g/mol. The number of ether oxygens (including phenoxy) is 1. The molecule has 0 radical (unpaired) electrons. The van der Waals surface area contributed by atoms with Gasteiger partial charge in [0.1, 0.15) is 5.75 Å². The molecule has 2 aromatic carbocycles. The Morgan fingerprint density at radius 1 is 1.19 bits per heavy atom. The minimum absolute atomic E-state index is 0.103. The molecule has 0 fully saturated rings. The molecule has 1 aliphatic rings. The standard InChI is InChI=1S/C22H21N3O2/c26-22(8-6-17-5-7-21-20(13-17)9-12-27-21)24-14-18-1-3-19(4-2-18)15-25-11-10-23-16-25/h1-8,10-11,13,16H,9,12,14-15H2,(H,24,26)/b8-6+. The first kappa shape index (κ1) is 17.1. The highest BCUT2D eigenvalue weighted by Crippen LogP contribution is 2.26. The van der Waals surface area contributed by atoms with Crippen molar-refractivity contribution >= 4 is 12.0 Å². The Morgan fingerprint density at radius 3 is 2.85 bits per heavy atom. The van der Waals surface area contributed by atoms with Crippen LogP contribution in [0.4, 0.5) is 0 Å². The number of aromatic nitrogens is 2. The summed E-state index contributed by atoms with van der Waals surface area (Å²) in [6, 6.07) is 14.2. The lowest BCUT2D eigenvalue weighted by molar-refractivity contribution is -0.116. The largest absolute Gasteiger partial charge is 0.493 e. The van der Waals surface area contributed by atoms with Crippen molar-refractivity contribution in [2.75, 3.05) is 6.61 Å². The second kappa shape index (κ2) is 7.91. The Bertz CT molecular complexity index is 944. The fraction of sp³-hybridized carbons (Fsp3) is 0.182. The van der Waals surface area contributed by atoms with E-state index in [1.54, 1.807) is 18.6 Å². The molecule has 1 amide bonds. The number of carbonyl (C=O) groups is 1. The maximum Gasteiger partial charge on any atom is 0.244 e. The summed E-state index contributed by atoms with van der Waals surface area (Å²) in [4.78, 5) is 16.1. The summed E-state index contributed by atoms with van der Waals surface area (Å²) >= 11 is 0. The fourth-order valence-corrected chi connectivity index (χ4v) is 3.08. The Balaban J connectivity index is 1.28. The van der Waals surface area contributed by atoms with Crippen LogP contribution in [-0.2, 0) is 24.3 Å². The summed E-state index contributed by atoms with van der Waals surface area (Å²) in [6.45, 7) is 2.04. The Kier molecular flexibility index (Phi) is 5.01. The van der Waals surface area contributed by atoms with E-state index in [2.05, 4.69) is 28.5 Å². The van der Waals surface area contributed by atoms with Crippen molar-refractivity contribution in [3.8, 4) is 5.75 Å². The van der Waals surface area contributed by atoms with Gasteiger partial charge in [-0.15, -0.1) is 0 Å². The molecule has 2 heterocycles. The zero-order valence-electron chi connectivity index (χ0n) is 15.0.